The predicted octanol–water partition coefficient (Wildman–Crippen LogP) is -0.368. The molecule has 36 heavy (non-hydrogen) atoms. The van der Waals surface area contributed by atoms with Crippen molar-refractivity contribution < 1.29 is 29.4 Å². The van der Waals surface area contributed by atoms with E-state index in [0.29, 0.717) is 5.69 Å². The number of carbonyl (C=O) groups is 4. The number of carboxylic acid groups (broad SMARTS) is 1. The van der Waals surface area contributed by atoms with Gasteiger partial charge in [-0.25, -0.2) is 0 Å². The van der Waals surface area contributed by atoms with Gasteiger partial charge in [-0.05, 0) is 30.9 Å². The Morgan fingerprint density at radius 3 is 2.64 bits per heavy atom. The normalized spacial score (nSPS) is 20.9. The summed E-state index contributed by atoms with van der Waals surface area (Å²) in [5.41, 5.74) is 0.879. The molecule has 2 fully saturated rings. The van der Waals surface area contributed by atoms with E-state index in [-0.39, 0.29) is 61.7 Å². The zero-order valence-corrected chi connectivity index (χ0v) is 19.6. The standard InChI is InChI=1S/C22H30N8O6/c31-13-9-16(21(35)23-10-17-26-28-29-27-17)30(11-13)22(36)15-6-5-14(24-15)20(12-3-1-2-4-12)25-18(32)7-8-19(33)34/h5-6,12-13,16,20,24,31H,1-4,7-11H2,(H,23,35)(H,25,32)(H,33,34)(H,26,27,28,29)/t13-,16-,20-/m0/s1. The highest BCUT2D eigenvalue weighted by atomic mass is 16.4. The molecular weight excluding hydrogens is 472 g/mol. The van der Waals surface area contributed by atoms with Crippen molar-refractivity contribution in [2.24, 2.45) is 5.92 Å². The number of H-pyrrole nitrogens is 2. The molecule has 1 aliphatic carbocycles. The molecule has 0 aromatic carbocycles. The molecule has 2 aromatic heterocycles. The Hall–Kier alpha value is -3.81. The number of rotatable bonds is 10. The monoisotopic (exact) mass is 502 g/mol. The highest BCUT2D eigenvalue weighted by Gasteiger charge is 2.40. The number of tetrazole rings is 1. The van der Waals surface area contributed by atoms with Crippen LogP contribution in [0, 0.1) is 5.92 Å². The van der Waals surface area contributed by atoms with Gasteiger partial charge in [0.05, 0.1) is 25.1 Å². The van der Waals surface area contributed by atoms with Crippen LogP contribution < -0.4 is 10.6 Å². The molecule has 14 nitrogen and oxygen atoms in total. The predicted molar refractivity (Wildman–Crippen MR) is 122 cm³/mol. The summed E-state index contributed by atoms with van der Waals surface area (Å²) in [5.74, 6) is -1.84. The van der Waals surface area contributed by atoms with Crippen LogP contribution in [0.5, 0.6) is 0 Å². The molecular formula is C22H30N8O6. The lowest BCUT2D eigenvalue weighted by Crippen LogP contribution is -2.46. The molecule has 4 rings (SSSR count). The van der Waals surface area contributed by atoms with E-state index < -0.39 is 29.9 Å². The Bertz CT molecular complexity index is 1080. The van der Waals surface area contributed by atoms with Crippen LogP contribution in [0.1, 0.15) is 73.0 Å². The summed E-state index contributed by atoms with van der Waals surface area (Å²) in [5, 5.41) is 37.9. The zero-order valence-electron chi connectivity index (χ0n) is 19.6. The van der Waals surface area contributed by atoms with Crippen molar-refractivity contribution >= 4 is 23.7 Å². The molecule has 1 saturated carbocycles. The maximum absolute atomic E-state index is 13.3. The van der Waals surface area contributed by atoms with E-state index in [9.17, 15) is 24.3 Å². The lowest BCUT2D eigenvalue weighted by atomic mass is 9.95. The average molecular weight is 503 g/mol. The van der Waals surface area contributed by atoms with E-state index in [1.807, 2.05) is 0 Å². The molecule has 0 radical (unpaired) electrons. The summed E-state index contributed by atoms with van der Waals surface area (Å²) < 4.78 is 0. The van der Waals surface area contributed by atoms with Gasteiger partial charge in [-0.3, -0.25) is 19.2 Å². The Balaban J connectivity index is 1.45. The number of aliphatic hydroxyl groups excluding tert-OH is 1. The Morgan fingerprint density at radius 1 is 1.17 bits per heavy atom. The number of hydrogen-bond acceptors (Lipinski definition) is 8. The van der Waals surface area contributed by atoms with E-state index in [1.54, 1.807) is 12.1 Å². The van der Waals surface area contributed by atoms with Gasteiger partial charge in [0.25, 0.3) is 5.91 Å². The number of nitrogens with zero attached hydrogens (tertiary/aromatic N) is 4. The summed E-state index contributed by atoms with van der Waals surface area (Å²) in [6, 6.07) is 2.08. The van der Waals surface area contributed by atoms with Gasteiger partial charge in [0.2, 0.25) is 11.8 Å². The average Bonchev–Trinajstić information content (AvgIpc) is 3.66. The number of carbonyl (C=O) groups excluding carboxylic acids is 3. The summed E-state index contributed by atoms with van der Waals surface area (Å²) in [7, 11) is 0. The van der Waals surface area contributed by atoms with Crippen molar-refractivity contribution in [1.82, 2.24) is 41.1 Å². The third kappa shape index (κ3) is 6.05. The number of likely N-dealkylation sites (tertiary alicyclic amines) is 1. The zero-order chi connectivity index (χ0) is 25.7. The Kier molecular flexibility index (Phi) is 7.93. The van der Waals surface area contributed by atoms with Crippen molar-refractivity contribution in [2.45, 2.75) is 69.7 Å². The number of aromatic amines is 2. The van der Waals surface area contributed by atoms with Crippen molar-refractivity contribution in [1.29, 1.82) is 0 Å². The first-order chi connectivity index (χ1) is 17.3. The fourth-order valence-electron chi connectivity index (χ4n) is 4.91. The lowest BCUT2D eigenvalue weighted by Gasteiger charge is -2.25. The largest absolute Gasteiger partial charge is 0.481 e. The van der Waals surface area contributed by atoms with Gasteiger partial charge < -0.3 is 30.7 Å². The minimum absolute atomic E-state index is 0.00542. The first kappa shape index (κ1) is 25.3. The van der Waals surface area contributed by atoms with Gasteiger partial charge in [0.15, 0.2) is 5.82 Å². The molecule has 3 heterocycles. The van der Waals surface area contributed by atoms with Crippen molar-refractivity contribution in [2.75, 3.05) is 6.54 Å². The molecule has 2 aromatic rings. The number of β-amino-alcohol motifs (C(OH)–C–C–N with tert-alkyl or cyclic N) is 1. The first-order valence-electron chi connectivity index (χ1n) is 12.0. The van der Waals surface area contributed by atoms with Gasteiger partial charge in [0, 0.05) is 25.1 Å². The third-order valence-electron chi connectivity index (χ3n) is 6.68. The number of carboxylic acids is 1. The molecule has 0 unspecified atom stereocenters. The quantitative estimate of drug-likeness (QED) is 0.250. The molecule has 2 aliphatic rings. The number of aliphatic carboxylic acids is 1. The van der Waals surface area contributed by atoms with Crippen LogP contribution in [0.3, 0.4) is 0 Å². The number of aliphatic hydroxyl groups is 1. The lowest BCUT2D eigenvalue weighted by molar-refractivity contribution is -0.139. The fourth-order valence-corrected chi connectivity index (χ4v) is 4.91. The Morgan fingerprint density at radius 2 is 1.94 bits per heavy atom. The minimum atomic E-state index is -1.04. The van der Waals surface area contributed by atoms with E-state index in [4.69, 9.17) is 5.11 Å². The van der Waals surface area contributed by atoms with Crippen LogP contribution in [-0.4, -0.2) is 83.1 Å². The molecule has 3 amide bonds. The van der Waals surface area contributed by atoms with Gasteiger partial charge in [-0.1, -0.05) is 18.1 Å². The maximum atomic E-state index is 13.3. The molecule has 6 N–H and O–H groups in total. The highest BCUT2D eigenvalue weighted by Crippen LogP contribution is 2.35. The van der Waals surface area contributed by atoms with Crippen LogP contribution in [-0.2, 0) is 20.9 Å². The second kappa shape index (κ2) is 11.3. The molecule has 3 atom stereocenters. The van der Waals surface area contributed by atoms with Crippen LogP contribution in [0.25, 0.3) is 0 Å². The van der Waals surface area contributed by atoms with Crippen LogP contribution in [0.2, 0.25) is 0 Å². The van der Waals surface area contributed by atoms with Gasteiger partial charge >= 0.3 is 5.97 Å². The number of hydrogen-bond donors (Lipinski definition) is 6. The topological polar surface area (TPSA) is 206 Å². The Labute approximate surface area is 206 Å². The van der Waals surface area contributed by atoms with Gasteiger partial charge in [-0.15, -0.1) is 10.2 Å². The minimum Gasteiger partial charge on any atom is -0.481 e. The van der Waals surface area contributed by atoms with Crippen LogP contribution in [0.4, 0.5) is 0 Å². The van der Waals surface area contributed by atoms with E-state index in [1.165, 1.54) is 4.90 Å². The van der Waals surface area contributed by atoms with E-state index in [0.717, 1.165) is 25.7 Å². The van der Waals surface area contributed by atoms with Crippen LogP contribution >= 0.6 is 0 Å². The molecule has 0 bridgehead atoms. The number of aromatic nitrogens is 5. The fraction of sp³-hybridized carbons (Fsp3) is 0.591. The summed E-state index contributed by atoms with van der Waals surface area (Å²) in [6.07, 6.45) is 2.75. The molecule has 14 heteroatoms. The second-order valence-corrected chi connectivity index (χ2v) is 9.22. The summed E-state index contributed by atoms with van der Waals surface area (Å²) >= 11 is 0. The van der Waals surface area contributed by atoms with Gasteiger partial charge in [-0.2, -0.15) is 5.21 Å². The summed E-state index contributed by atoms with van der Waals surface area (Å²) in [4.78, 5) is 53.7. The van der Waals surface area contributed by atoms with E-state index >= 15 is 0 Å². The van der Waals surface area contributed by atoms with Crippen molar-refractivity contribution in [3.63, 3.8) is 0 Å². The smallest absolute Gasteiger partial charge is 0.303 e. The molecule has 1 saturated heterocycles. The highest BCUT2D eigenvalue weighted by molar-refractivity contribution is 5.97. The summed E-state index contributed by atoms with van der Waals surface area (Å²) in [6.45, 7) is 0.0344. The molecule has 0 spiro atoms. The van der Waals surface area contributed by atoms with Crippen LogP contribution in [0.15, 0.2) is 12.1 Å². The maximum Gasteiger partial charge on any atom is 0.303 e. The number of nitrogens with one attached hydrogen (secondary N) is 4. The van der Waals surface area contributed by atoms with E-state index in [2.05, 4.69) is 36.2 Å². The molecule has 194 valence electrons. The van der Waals surface area contributed by atoms with Gasteiger partial charge in [0.1, 0.15) is 11.7 Å². The third-order valence-corrected chi connectivity index (χ3v) is 6.68. The molecule has 1 aliphatic heterocycles. The van der Waals surface area contributed by atoms with Crippen molar-refractivity contribution in [3.05, 3.63) is 29.3 Å². The number of amides is 3. The van der Waals surface area contributed by atoms with Crippen molar-refractivity contribution in [3.8, 4) is 0 Å². The second-order valence-electron chi connectivity index (χ2n) is 9.22. The first-order valence-corrected chi connectivity index (χ1v) is 12.0. The SMILES string of the molecule is O=C(O)CCC(=O)N[C@H](c1ccc(C(=O)N2C[C@@H](O)C[C@H]2C(=O)NCc2nn[nH]n2)[nH]1)C1CCCC1.